The summed E-state index contributed by atoms with van der Waals surface area (Å²) in [6.07, 6.45) is 6.41. The zero-order valence-electron chi connectivity index (χ0n) is 12.4. The van der Waals surface area contributed by atoms with Gasteiger partial charge in [0.25, 0.3) is 0 Å². The Morgan fingerprint density at radius 3 is 2.55 bits per heavy atom. The molecule has 0 spiro atoms. The maximum Gasteiger partial charge on any atom is 0.165 e. The summed E-state index contributed by atoms with van der Waals surface area (Å²) in [4.78, 5) is 2.59. The molecule has 1 fully saturated rings. The van der Waals surface area contributed by atoms with E-state index in [1.54, 1.807) is 14.2 Å². The van der Waals surface area contributed by atoms with Crippen molar-refractivity contribution in [1.82, 2.24) is 4.90 Å². The van der Waals surface area contributed by atoms with Crippen LogP contribution in [0.25, 0.3) is 0 Å². The first-order valence-electron chi connectivity index (χ1n) is 7.51. The number of fused-ring (bicyclic) bond motifs is 1. The Labute approximate surface area is 120 Å². The van der Waals surface area contributed by atoms with Crippen LogP contribution in [0.2, 0.25) is 0 Å². The maximum absolute atomic E-state index is 6.19. The quantitative estimate of drug-likeness (QED) is 0.862. The molecule has 2 N–H and O–H groups in total. The lowest BCUT2D eigenvalue weighted by atomic mass is 9.95. The highest BCUT2D eigenvalue weighted by molar-refractivity contribution is 5.64. The summed E-state index contributed by atoms with van der Waals surface area (Å²) in [5, 5.41) is 0. The minimum Gasteiger partial charge on any atom is -0.493 e. The molecule has 1 aliphatic heterocycles. The Balaban J connectivity index is 1.95. The monoisotopic (exact) mass is 276 g/mol. The lowest BCUT2D eigenvalue weighted by Gasteiger charge is -2.35. The van der Waals surface area contributed by atoms with Gasteiger partial charge in [-0.1, -0.05) is 12.8 Å². The van der Waals surface area contributed by atoms with Crippen molar-refractivity contribution in [3.05, 3.63) is 17.2 Å². The third-order valence-electron chi connectivity index (χ3n) is 4.77. The maximum atomic E-state index is 6.19. The van der Waals surface area contributed by atoms with Crippen molar-refractivity contribution in [2.45, 2.75) is 44.7 Å². The molecule has 1 aromatic rings. The van der Waals surface area contributed by atoms with E-state index in [0.717, 1.165) is 42.7 Å². The van der Waals surface area contributed by atoms with E-state index < -0.39 is 0 Å². The number of methoxy groups -OCH3 is 2. The second-order valence-electron chi connectivity index (χ2n) is 5.82. The predicted molar refractivity (Wildman–Crippen MR) is 80.3 cm³/mol. The van der Waals surface area contributed by atoms with Gasteiger partial charge in [0, 0.05) is 36.4 Å². The van der Waals surface area contributed by atoms with Gasteiger partial charge in [-0.15, -0.1) is 0 Å². The van der Waals surface area contributed by atoms with E-state index in [1.165, 1.54) is 36.8 Å². The first-order chi connectivity index (χ1) is 9.74. The molecule has 0 aromatic heterocycles. The summed E-state index contributed by atoms with van der Waals surface area (Å²) in [5.41, 5.74) is 9.49. The first kappa shape index (κ1) is 13.6. The molecular formula is C16H24N2O2. The van der Waals surface area contributed by atoms with Gasteiger partial charge in [0.2, 0.25) is 0 Å². The average molecular weight is 276 g/mol. The van der Waals surface area contributed by atoms with E-state index in [-0.39, 0.29) is 0 Å². The zero-order valence-corrected chi connectivity index (χ0v) is 12.4. The van der Waals surface area contributed by atoms with E-state index in [1.807, 2.05) is 6.07 Å². The van der Waals surface area contributed by atoms with Gasteiger partial charge in [-0.05, 0) is 24.8 Å². The summed E-state index contributed by atoms with van der Waals surface area (Å²) in [6, 6.07) is 2.63. The van der Waals surface area contributed by atoms with E-state index in [9.17, 15) is 0 Å². The molecule has 1 aromatic carbocycles. The summed E-state index contributed by atoms with van der Waals surface area (Å²) in [7, 11) is 3.38. The third kappa shape index (κ3) is 2.22. The minimum absolute atomic E-state index is 0.736. The zero-order chi connectivity index (χ0) is 14.1. The van der Waals surface area contributed by atoms with Gasteiger partial charge >= 0.3 is 0 Å². The molecule has 110 valence electrons. The smallest absolute Gasteiger partial charge is 0.165 e. The molecule has 0 atom stereocenters. The fraction of sp³-hybridized carbons (Fsp3) is 0.625. The Bertz CT molecular complexity index is 496. The van der Waals surface area contributed by atoms with Crippen molar-refractivity contribution in [1.29, 1.82) is 0 Å². The fourth-order valence-corrected chi connectivity index (χ4v) is 3.71. The van der Waals surface area contributed by atoms with Crippen LogP contribution in [0.1, 0.15) is 36.8 Å². The van der Waals surface area contributed by atoms with Crippen LogP contribution in [0, 0.1) is 0 Å². The van der Waals surface area contributed by atoms with Crippen molar-refractivity contribution in [3.63, 3.8) is 0 Å². The Morgan fingerprint density at radius 2 is 1.90 bits per heavy atom. The van der Waals surface area contributed by atoms with Gasteiger partial charge in [0.1, 0.15) is 0 Å². The van der Waals surface area contributed by atoms with Crippen molar-refractivity contribution in [2.75, 3.05) is 26.5 Å². The molecule has 20 heavy (non-hydrogen) atoms. The number of nitrogen functional groups attached to an aromatic ring is 1. The van der Waals surface area contributed by atoms with Gasteiger partial charge in [0.05, 0.1) is 14.2 Å². The normalized spacial score (nSPS) is 19.9. The van der Waals surface area contributed by atoms with Crippen LogP contribution >= 0.6 is 0 Å². The molecule has 1 heterocycles. The van der Waals surface area contributed by atoms with Crippen LogP contribution in [0.15, 0.2) is 6.07 Å². The van der Waals surface area contributed by atoms with Gasteiger partial charge in [-0.25, -0.2) is 0 Å². The van der Waals surface area contributed by atoms with E-state index in [4.69, 9.17) is 15.2 Å². The molecular weight excluding hydrogens is 252 g/mol. The van der Waals surface area contributed by atoms with Gasteiger partial charge in [0.15, 0.2) is 11.5 Å². The second-order valence-corrected chi connectivity index (χ2v) is 5.82. The highest BCUT2D eigenvalue weighted by Crippen LogP contribution is 2.41. The Kier molecular flexibility index (Phi) is 3.74. The molecule has 0 radical (unpaired) electrons. The van der Waals surface area contributed by atoms with Crippen molar-refractivity contribution in [3.8, 4) is 11.5 Å². The first-order valence-corrected chi connectivity index (χ1v) is 7.51. The molecule has 0 saturated heterocycles. The number of hydrogen-bond acceptors (Lipinski definition) is 4. The molecule has 3 rings (SSSR count). The Hall–Kier alpha value is -1.42. The summed E-state index contributed by atoms with van der Waals surface area (Å²) >= 11 is 0. The van der Waals surface area contributed by atoms with Crippen molar-refractivity contribution in [2.24, 2.45) is 0 Å². The number of nitrogens with zero attached hydrogens (tertiary/aromatic N) is 1. The average Bonchev–Trinajstić information content (AvgIpc) is 3.00. The van der Waals surface area contributed by atoms with Gasteiger partial charge in [-0.2, -0.15) is 0 Å². The number of hydrogen-bond donors (Lipinski definition) is 1. The SMILES string of the molecule is COc1cc(N)c2c(c1OC)CN(C1CCCC1)CC2. The van der Waals surface area contributed by atoms with Crippen LogP contribution < -0.4 is 15.2 Å². The van der Waals surface area contributed by atoms with Crippen LogP contribution in [-0.4, -0.2) is 31.7 Å². The number of ether oxygens (including phenoxy) is 2. The fourth-order valence-electron chi connectivity index (χ4n) is 3.71. The molecule has 2 aliphatic rings. The topological polar surface area (TPSA) is 47.7 Å². The lowest BCUT2D eigenvalue weighted by Crippen LogP contribution is -2.38. The van der Waals surface area contributed by atoms with Crippen molar-refractivity contribution >= 4 is 5.69 Å². The molecule has 1 aliphatic carbocycles. The van der Waals surface area contributed by atoms with Gasteiger partial charge in [-0.3, -0.25) is 4.90 Å². The lowest BCUT2D eigenvalue weighted by molar-refractivity contribution is 0.178. The molecule has 1 saturated carbocycles. The molecule has 4 nitrogen and oxygen atoms in total. The molecule has 0 bridgehead atoms. The van der Waals surface area contributed by atoms with Crippen molar-refractivity contribution < 1.29 is 9.47 Å². The van der Waals surface area contributed by atoms with Crippen LogP contribution in [0.5, 0.6) is 11.5 Å². The summed E-state index contributed by atoms with van der Waals surface area (Å²) in [5.74, 6) is 1.61. The van der Waals surface area contributed by atoms with Gasteiger partial charge < -0.3 is 15.2 Å². The highest BCUT2D eigenvalue weighted by atomic mass is 16.5. The van der Waals surface area contributed by atoms with E-state index >= 15 is 0 Å². The molecule has 0 unspecified atom stereocenters. The number of benzene rings is 1. The van der Waals surface area contributed by atoms with E-state index in [0.29, 0.717) is 0 Å². The Morgan fingerprint density at radius 1 is 1.15 bits per heavy atom. The predicted octanol–water partition coefficient (Wildman–Crippen LogP) is 2.59. The number of anilines is 1. The van der Waals surface area contributed by atoms with Crippen LogP contribution in [0.3, 0.4) is 0 Å². The van der Waals surface area contributed by atoms with Crippen LogP contribution in [-0.2, 0) is 13.0 Å². The minimum atomic E-state index is 0.736. The number of rotatable bonds is 3. The second kappa shape index (κ2) is 5.52. The van der Waals surface area contributed by atoms with Crippen LogP contribution in [0.4, 0.5) is 5.69 Å². The summed E-state index contributed by atoms with van der Waals surface area (Å²) < 4.78 is 11.0. The molecule has 0 amide bonds. The van der Waals surface area contributed by atoms with E-state index in [2.05, 4.69) is 4.90 Å². The third-order valence-corrected chi connectivity index (χ3v) is 4.77. The molecule has 4 heteroatoms. The number of nitrogens with two attached hydrogens (primary N) is 1. The highest BCUT2D eigenvalue weighted by Gasteiger charge is 2.29. The largest absolute Gasteiger partial charge is 0.493 e. The summed E-state index contributed by atoms with van der Waals surface area (Å²) in [6.45, 7) is 2.04. The standard InChI is InChI=1S/C16H24N2O2/c1-19-15-9-14(17)12-7-8-18(11-5-3-4-6-11)10-13(12)16(15)20-2/h9,11H,3-8,10,17H2,1-2H3.